The van der Waals surface area contributed by atoms with Crippen molar-refractivity contribution >= 4 is 17.9 Å². The highest BCUT2D eigenvalue weighted by molar-refractivity contribution is 5.67. The Morgan fingerprint density at radius 3 is 2.12 bits per heavy atom. The Labute approximate surface area is 151 Å². The van der Waals surface area contributed by atoms with Crippen LogP contribution in [0.3, 0.4) is 0 Å². The molecule has 1 aliphatic heterocycles. The van der Waals surface area contributed by atoms with Crippen LogP contribution in [0.25, 0.3) is 0 Å². The third kappa shape index (κ3) is 5.82. The molecule has 0 bridgehead atoms. The number of ether oxygens (including phenoxy) is 5. The Balaban J connectivity index is 2.13. The normalized spacial score (nSPS) is 24.7. The molecule has 4 unspecified atom stereocenters. The topological polar surface area (TPSA) is 97.4 Å². The van der Waals surface area contributed by atoms with Crippen LogP contribution in [-0.4, -0.2) is 49.1 Å². The third-order valence-electron chi connectivity index (χ3n) is 3.58. The minimum absolute atomic E-state index is 0.157. The second kappa shape index (κ2) is 9.30. The summed E-state index contributed by atoms with van der Waals surface area (Å²) in [4.78, 5) is 34.0. The fourth-order valence-electron chi connectivity index (χ4n) is 2.56. The van der Waals surface area contributed by atoms with Crippen molar-refractivity contribution in [2.75, 3.05) is 6.61 Å². The van der Waals surface area contributed by atoms with E-state index in [1.165, 1.54) is 20.8 Å². The molecule has 26 heavy (non-hydrogen) atoms. The first kappa shape index (κ1) is 19.9. The maximum atomic E-state index is 11.5. The van der Waals surface area contributed by atoms with Crippen LogP contribution in [0.5, 0.6) is 0 Å². The van der Waals surface area contributed by atoms with Gasteiger partial charge in [-0.15, -0.1) is 0 Å². The van der Waals surface area contributed by atoms with Crippen LogP contribution in [0.15, 0.2) is 30.3 Å². The number of benzene rings is 1. The Hall–Kier alpha value is -2.45. The van der Waals surface area contributed by atoms with E-state index in [4.69, 9.17) is 23.7 Å². The highest BCUT2D eigenvalue weighted by Crippen LogP contribution is 2.29. The zero-order chi connectivity index (χ0) is 19.1. The molecular formula is C18H22O8. The average molecular weight is 366 g/mol. The lowest BCUT2D eigenvalue weighted by Crippen LogP contribution is -2.41. The molecule has 1 saturated heterocycles. The van der Waals surface area contributed by atoms with E-state index in [-0.39, 0.29) is 13.2 Å². The summed E-state index contributed by atoms with van der Waals surface area (Å²) < 4.78 is 26.9. The van der Waals surface area contributed by atoms with Gasteiger partial charge in [-0.05, 0) is 5.56 Å². The number of rotatable bonds is 7. The van der Waals surface area contributed by atoms with Gasteiger partial charge in [-0.2, -0.15) is 0 Å². The van der Waals surface area contributed by atoms with Crippen molar-refractivity contribution in [3.8, 4) is 0 Å². The summed E-state index contributed by atoms with van der Waals surface area (Å²) in [5.41, 5.74) is 0.894. The fourth-order valence-corrected chi connectivity index (χ4v) is 2.56. The second-order valence-electron chi connectivity index (χ2n) is 5.79. The van der Waals surface area contributed by atoms with E-state index in [1.807, 2.05) is 30.3 Å². The van der Waals surface area contributed by atoms with Crippen LogP contribution in [0, 0.1) is 0 Å². The van der Waals surface area contributed by atoms with E-state index in [1.54, 1.807) is 0 Å². The van der Waals surface area contributed by atoms with Crippen LogP contribution < -0.4 is 0 Å². The third-order valence-corrected chi connectivity index (χ3v) is 3.58. The van der Waals surface area contributed by atoms with E-state index in [0.717, 1.165) is 5.56 Å². The van der Waals surface area contributed by atoms with Gasteiger partial charge in [-0.25, -0.2) is 0 Å². The predicted octanol–water partition coefficient (Wildman–Crippen LogP) is 1.35. The first-order valence-electron chi connectivity index (χ1n) is 8.15. The predicted molar refractivity (Wildman–Crippen MR) is 87.6 cm³/mol. The molecule has 1 aromatic rings. The monoisotopic (exact) mass is 366 g/mol. The zero-order valence-corrected chi connectivity index (χ0v) is 14.9. The molecule has 8 heteroatoms. The quantitative estimate of drug-likeness (QED) is 0.527. The molecule has 8 nitrogen and oxygen atoms in total. The Morgan fingerprint density at radius 1 is 0.923 bits per heavy atom. The SMILES string of the molecule is CC(=O)OCC1OC(OCc2ccccc2)C(OC(C)=O)C1OC(C)=O. The molecular weight excluding hydrogens is 344 g/mol. The number of esters is 3. The molecule has 0 amide bonds. The first-order valence-corrected chi connectivity index (χ1v) is 8.15. The Morgan fingerprint density at radius 2 is 1.54 bits per heavy atom. The second-order valence-corrected chi connectivity index (χ2v) is 5.79. The van der Waals surface area contributed by atoms with E-state index >= 15 is 0 Å². The van der Waals surface area contributed by atoms with Crippen LogP contribution >= 0.6 is 0 Å². The molecule has 0 aromatic heterocycles. The van der Waals surface area contributed by atoms with E-state index in [9.17, 15) is 14.4 Å². The van der Waals surface area contributed by atoms with Crippen molar-refractivity contribution in [1.82, 2.24) is 0 Å². The molecule has 0 N–H and O–H groups in total. The summed E-state index contributed by atoms with van der Waals surface area (Å²) in [6, 6.07) is 9.35. The molecule has 0 aliphatic carbocycles. The molecule has 4 atom stereocenters. The van der Waals surface area contributed by atoms with Crippen LogP contribution in [0.1, 0.15) is 26.3 Å². The molecule has 142 valence electrons. The summed E-state index contributed by atoms with van der Waals surface area (Å²) >= 11 is 0. The minimum atomic E-state index is -0.972. The van der Waals surface area contributed by atoms with Crippen molar-refractivity contribution in [2.45, 2.75) is 52.0 Å². The summed E-state index contributed by atoms with van der Waals surface area (Å²) in [7, 11) is 0. The van der Waals surface area contributed by atoms with E-state index < -0.39 is 42.5 Å². The molecule has 0 radical (unpaired) electrons. The van der Waals surface area contributed by atoms with E-state index in [0.29, 0.717) is 0 Å². The molecule has 0 spiro atoms. The van der Waals surface area contributed by atoms with Gasteiger partial charge in [-0.3, -0.25) is 14.4 Å². The number of hydrogen-bond acceptors (Lipinski definition) is 8. The summed E-state index contributed by atoms with van der Waals surface area (Å²) in [6.07, 6.45) is -3.70. The van der Waals surface area contributed by atoms with Crippen molar-refractivity contribution in [3.63, 3.8) is 0 Å². The lowest BCUT2D eigenvalue weighted by Gasteiger charge is -2.23. The average Bonchev–Trinajstić information content (AvgIpc) is 2.88. The van der Waals surface area contributed by atoms with Crippen molar-refractivity contribution in [1.29, 1.82) is 0 Å². The van der Waals surface area contributed by atoms with Crippen molar-refractivity contribution < 1.29 is 38.1 Å². The summed E-state index contributed by atoms with van der Waals surface area (Å²) in [5.74, 6) is -1.66. The molecule has 2 rings (SSSR count). The zero-order valence-electron chi connectivity index (χ0n) is 14.9. The van der Waals surface area contributed by atoms with Crippen molar-refractivity contribution in [2.24, 2.45) is 0 Å². The smallest absolute Gasteiger partial charge is 0.303 e. The number of carbonyl (C=O) groups excluding carboxylic acids is 3. The van der Waals surface area contributed by atoms with Crippen LogP contribution in [-0.2, 0) is 44.7 Å². The lowest BCUT2D eigenvalue weighted by molar-refractivity contribution is -0.194. The molecule has 1 aromatic carbocycles. The van der Waals surface area contributed by atoms with Gasteiger partial charge in [0, 0.05) is 20.8 Å². The summed E-state index contributed by atoms with van der Waals surface area (Å²) in [6.45, 7) is 3.76. The largest absolute Gasteiger partial charge is 0.463 e. The maximum Gasteiger partial charge on any atom is 0.303 e. The van der Waals surface area contributed by atoms with Gasteiger partial charge in [0.25, 0.3) is 0 Å². The fraction of sp³-hybridized carbons (Fsp3) is 0.500. The van der Waals surface area contributed by atoms with Crippen molar-refractivity contribution in [3.05, 3.63) is 35.9 Å². The first-order chi connectivity index (χ1) is 12.4. The van der Waals surface area contributed by atoms with Gasteiger partial charge in [0.15, 0.2) is 18.5 Å². The Kier molecular flexibility index (Phi) is 7.11. The van der Waals surface area contributed by atoms with Gasteiger partial charge in [0.2, 0.25) is 0 Å². The van der Waals surface area contributed by atoms with Crippen LogP contribution in [0.4, 0.5) is 0 Å². The molecule has 0 saturated carbocycles. The Bertz CT molecular complexity index is 629. The van der Waals surface area contributed by atoms with Gasteiger partial charge in [-0.1, -0.05) is 30.3 Å². The maximum absolute atomic E-state index is 11.5. The standard InChI is InChI=1S/C18H22O8/c1-11(19)22-10-15-16(24-12(2)20)17(25-13(3)21)18(26-15)23-9-14-7-5-4-6-8-14/h4-8,15-18H,9-10H2,1-3H3. The number of carbonyl (C=O) groups is 3. The summed E-state index contributed by atoms with van der Waals surface area (Å²) in [5, 5.41) is 0. The van der Waals surface area contributed by atoms with Gasteiger partial charge >= 0.3 is 17.9 Å². The molecule has 1 fully saturated rings. The molecule has 1 aliphatic rings. The van der Waals surface area contributed by atoms with Gasteiger partial charge < -0.3 is 23.7 Å². The highest BCUT2D eigenvalue weighted by Gasteiger charge is 2.50. The van der Waals surface area contributed by atoms with E-state index in [2.05, 4.69) is 0 Å². The van der Waals surface area contributed by atoms with Crippen LogP contribution in [0.2, 0.25) is 0 Å². The van der Waals surface area contributed by atoms with Gasteiger partial charge in [0.1, 0.15) is 12.7 Å². The lowest BCUT2D eigenvalue weighted by atomic mass is 10.1. The highest BCUT2D eigenvalue weighted by atomic mass is 16.7. The number of hydrogen-bond donors (Lipinski definition) is 0. The molecule has 1 heterocycles. The minimum Gasteiger partial charge on any atom is -0.463 e. The van der Waals surface area contributed by atoms with Gasteiger partial charge in [0.05, 0.1) is 6.61 Å².